The Balaban J connectivity index is 2.64. The molecule has 2 aromatic carbocycles. The first kappa shape index (κ1) is 11.3. The Morgan fingerprint density at radius 2 is 1.53 bits per heavy atom. The highest BCUT2D eigenvalue weighted by Gasteiger charge is 2.11. The van der Waals surface area contributed by atoms with Gasteiger partial charge in [0.15, 0.2) is 0 Å². The van der Waals surface area contributed by atoms with Crippen LogP contribution in [-0.2, 0) is 6.42 Å². The lowest BCUT2D eigenvalue weighted by atomic mass is 9.99. The van der Waals surface area contributed by atoms with E-state index >= 15 is 0 Å². The second kappa shape index (κ2) is 4.37. The second-order valence-corrected chi connectivity index (χ2v) is 3.87. The number of hydrogen-bond acceptors (Lipinski definition) is 3. The highest BCUT2D eigenvalue weighted by atomic mass is 16.3. The van der Waals surface area contributed by atoms with Crippen LogP contribution >= 0.6 is 0 Å². The van der Waals surface area contributed by atoms with E-state index in [1.807, 2.05) is 6.92 Å². The SMILES string of the molecule is CCc1cc(-c2ccccc2O)c(O)cc1O. The fraction of sp³-hybridized carbons (Fsp3) is 0.143. The van der Waals surface area contributed by atoms with E-state index < -0.39 is 0 Å². The molecule has 0 fully saturated rings. The van der Waals surface area contributed by atoms with Crippen molar-refractivity contribution in [2.45, 2.75) is 13.3 Å². The van der Waals surface area contributed by atoms with Crippen LogP contribution in [0.2, 0.25) is 0 Å². The van der Waals surface area contributed by atoms with Crippen molar-refractivity contribution in [1.82, 2.24) is 0 Å². The normalized spacial score (nSPS) is 10.4. The molecule has 2 aromatic rings. The van der Waals surface area contributed by atoms with Crippen LogP contribution in [0.5, 0.6) is 17.2 Å². The molecule has 0 aliphatic rings. The molecule has 88 valence electrons. The molecule has 0 unspecified atom stereocenters. The summed E-state index contributed by atoms with van der Waals surface area (Å²) in [5.74, 6) is 0.140. The Morgan fingerprint density at radius 3 is 2.18 bits per heavy atom. The maximum atomic E-state index is 9.82. The highest BCUT2D eigenvalue weighted by Crippen LogP contribution is 2.38. The summed E-state index contributed by atoms with van der Waals surface area (Å²) in [5.41, 5.74) is 1.82. The highest BCUT2D eigenvalue weighted by molar-refractivity contribution is 5.76. The molecule has 0 radical (unpaired) electrons. The third-order valence-corrected chi connectivity index (χ3v) is 2.77. The Kier molecular flexibility index (Phi) is 2.91. The van der Waals surface area contributed by atoms with Crippen LogP contribution in [0.25, 0.3) is 11.1 Å². The van der Waals surface area contributed by atoms with Gasteiger partial charge in [-0.05, 0) is 24.1 Å². The number of para-hydroxylation sites is 1. The number of phenolic OH excluding ortho intramolecular Hbond substituents is 3. The molecule has 0 saturated heterocycles. The zero-order chi connectivity index (χ0) is 12.4. The van der Waals surface area contributed by atoms with E-state index in [0.717, 1.165) is 5.56 Å². The van der Waals surface area contributed by atoms with Crippen molar-refractivity contribution in [3.63, 3.8) is 0 Å². The van der Waals surface area contributed by atoms with Crippen molar-refractivity contribution >= 4 is 0 Å². The van der Waals surface area contributed by atoms with Crippen LogP contribution in [0.1, 0.15) is 12.5 Å². The lowest BCUT2D eigenvalue weighted by Gasteiger charge is -2.10. The summed E-state index contributed by atoms with van der Waals surface area (Å²) in [5, 5.41) is 29.2. The van der Waals surface area contributed by atoms with E-state index in [1.54, 1.807) is 30.3 Å². The van der Waals surface area contributed by atoms with Crippen molar-refractivity contribution in [3.05, 3.63) is 42.0 Å². The van der Waals surface area contributed by atoms with Gasteiger partial charge in [0, 0.05) is 17.2 Å². The lowest BCUT2D eigenvalue weighted by Crippen LogP contribution is -1.86. The van der Waals surface area contributed by atoms with Crippen LogP contribution < -0.4 is 0 Å². The minimum Gasteiger partial charge on any atom is -0.508 e. The number of hydrogen-bond donors (Lipinski definition) is 3. The number of aromatic hydroxyl groups is 3. The molecule has 0 aliphatic heterocycles. The van der Waals surface area contributed by atoms with Crippen LogP contribution in [0.4, 0.5) is 0 Å². The van der Waals surface area contributed by atoms with Crippen LogP contribution in [0.3, 0.4) is 0 Å². The van der Waals surface area contributed by atoms with Gasteiger partial charge in [0.2, 0.25) is 0 Å². The van der Waals surface area contributed by atoms with E-state index in [4.69, 9.17) is 0 Å². The summed E-state index contributed by atoms with van der Waals surface area (Å²) in [6.07, 6.45) is 0.659. The van der Waals surface area contributed by atoms with Gasteiger partial charge in [-0.25, -0.2) is 0 Å². The Bertz CT molecular complexity index is 547. The molecular formula is C14H14O3. The average Bonchev–Trinajstić information content (AvgIpc) is 2.31. The number of benzene rings is 2. The van der Waals surface area contributed by atoms with Crippen molar-refractivity contribution in [3.8, 4) is 28.4 Å². The fourth-order valence-corrected chi connectivity index (χ4v) is 1.82. The van der Waals surface area contributed by atoms with Crippen molar-refractivity contribution in [2.24, 2.45) is 0 Å². The van der Waals surface area contributed by atoms with Gasteiger partial charge in [0.1, 0.15) is 17.2 Å². The summed E-state index contributed by atoms with van der Waals surface area (Å²) < 4.78 is 0. The standard InChI is InChI=1S/C14H14O3/c1-2-9-7-11(14(17)8-13(9)16)10-5-3-4-6-12(10)15/h3-8,15-17H,2H2,1H3. The minimum atomic E-state index is -0.0406. The van der Waals surface area contributed by atoms with E-state index in [-0.39, 0.29) is 17.2 Å². The molecule has 0 amide bonds. The quantitative estimate of drug-likeness (QED) is 0.743. The largest absolute Gasteiger partial charge is 0.508 e. The first-order valence-electron chi connectivity index (χ1n) is 5.46. The van der Waals surface area contributed by atoms with Crippen molar-refractivity contribution in [1.29, 1.82) is 0 Å². The zero-order valence-electron chi connectivity index (χ0n) is 9.51. The van der Waals surface area contributed by atoms with Gasteiger partial charge in [0.05, 0.1) is 0 Å². The molecule has 0 saturated carbocycles. The minimum absolute atomic E-state index is 0.0406. The molecule has 0 atom stereocenters. The number of rotatable bonds is 2. The van der Waals surface area contributed by atoms with E-state index in [1.165, 1.54) is 6.07 Å². The number of aryl methyl sites for hydroxylation is 1. The fourth-order valence-electron chi connectivity index (χ4n) is 1.82. The van der Waals surface area contributed by atoms with Crippen molar-refractivity contribution < 1.29 is 15.3 Å². The lowest BCUT2D eigenvalue weighted by molar-refractivity contribution is 0.446. The van der Waals surface area contributed by atoms with E-state index in [0.29, 0.717) is 17.5 Å². The predicted molar refractivity (Wildman–Crippen MR) is 66.3 cm³/mol. The molecular weight excluding hydrogens is 216 g/mol. The molecule has 3 N–H and O–H groups in total. The average molecular weight is 230 g/mol. The smallest absolute Gasteiger partial charge is 0.127 e. The monoisotopic (exact) mass is 230 g/mol. The maximum Gasteiger partial charge on any atom is 0.127 e. The summed E-state index contributed by atoms with van der Waals surface area (Å²) in [4.78, 5) is 0. The molecule has 2 rings (SSSR count). The molecule has 3 heteroatoms. The van der Waals surface area contributed by atoms with Gasteiger partial charge in [0.25, 0.3) is 0 Å². The molecule has 0 bridgehead atoms. The third kappa shape index (κ3) is 2.04. The Morgan fingerprint density at radius 1 is 0.824 bits per heavy atom. The first-order chi connectivity index (χ1) is 8.13. The summed E-state index contributed by atoms with van der Waals surface area (Å²) in [6.45, 7) is 1.92. The molecule has 0 heterocycles. The molecule has 0 spiro atoms. The summed E-state index contributed by atoms with van der Waals surface area (Å²) in [6, 6.07) is 9.79. The van der Waals surface area contributed by atoms with Gasteiger partial charge in [-0.1, -0.05) is 25.1 Å². The summed E-state index contributed by atoms with van der Waals surface area (Å²) >= 11 is 0. The van der Waals surface area contributed by atoms with Crippen molar-refractivity contribution in [2.75, 3.05) is 0 Å². The zero-order valence-corrected chi connectivity index (χ0v) is 9.51. The van der Waals surface area contributed by atoms with Gasteiger partial charge in [-0.15, -0.1) is 0 Å². The topological polar surface area (TPSA) is 60.7 Å². The molecule has 3 nitrogen and oxygen atoms in total. The number of phenols is 3. The van der Waals surface area contributed by atoms with Gasteiger partial charge in [-0.2, -0.15) is 0 Å². The third-order valence-electron chi connectivity index (χ3n) is 2.77. The predicted octanol–water partition coefficient (Wildman–Crippen LogP) is 3.03. The van der Waals surface area contributed by atoms with Gasteiger partial charge < -0.3 is 15.3 Å². The first-order valence-corrected chi connectivity index (χ1v) is 5.46. The second-order valence-electron chi connectivity index (χ2n) is 3.87. The summed E-state index contributed by atoms with van der Waals surface area (Å²) in [7, 11) is 0. The van der Waals surface area contributed by atoms with E-state index in [2.05, 4.69) is 0 Å². The Hall–Kier alpha value is -2.16. The van der Waals surface area contributed by atoms with Gasteiger partial charge >= 0.3 is 0 Å². The Labute approximate surface area is 99.6 Å². The van der Waals surface area contributed by atoms with Crippen LogP contribution in [0.15, 0.2) is 36.4 Å². The molecule has 17 heavy (non-hydrogen) atoms. The van der Waals surface area contributed by atoms with Gasteiger partial charge in [-0.3, -0.25) is 0 Å². The van der Waals surface area contributed by atoms with Crippen LogP contribution in [0, 0.1) is 0 Å². The maximum absolute atomic E-state index is 9.82. The van der Waals surface area contributed by atoms with Crippen LogP contribution in [-0.4, -0.2) is 15.3 Å². The molecule has 0 aliphatic carbocycles. The van der Waals surface area contributed by atoms with E-state index in [9.17, 15) is 15.3 Å². The molecule has 0 aromatic heterocycles.